The van der Waals surface area contributed by atoms with Crippen LogP contribution in [0.5, 0.6) is 0 Å². The summed E-state index contributed by atoms with van der Waals surface area (Å²) in [6.45, 7) is 1.48. The predicted octanol–water partition coefficient (Wildman–Crippen LogP) is 3.55. The molecular weight excluding hydrogens is 388 g/mol. The summed E-state index contributed by atoms with van der Waals surface area (Å²) in [5.41, 5.74) is 1.04. The maximum Gasteiger partial charge on any atom is 0.292 e. The third-order valence-corrected chi connectivity index (χ3v) is 6.41. The summed E-state index contributed by atoms with van der Waals surface area (Å²) in [7, 11) is 0. The van der Waals surface area contributed by atoms with Crippen LogP contribution < -0.4 is 15.8 Å². The molecule has 2 heterocycles. The van der Waals surface area contributed by atoms with Crippen LogP contribution in [0.4, 0.5) is 5.69 Å². The highest BCUT2D eigenvalue weighted by atomic mass is 35.5. The number of anilines is 1. The molecule has 1 aliphatic carbocycles. The number of nitrogens with zero attached hydrogens (tertiary/aromatic N) is 3. The van der Waals surface area contributed by atoms with Gasteiger partial charge in [-0.15, -0.1) is 0 Å². The van der Waals surface area contributed by atoms with Gasteiger partial charge in [0.1, 0.15) is 5.02 Å². The number of piperidine rings is 1. The van der Waals surface area contributed by atoms with Crippen LogP contribution in [0.25, 0.3) is 5.69 Å². The molecule has 1 amide bonds. The zero-order valence-electron chi connectivity index (χ0n) is 16.5. The topological polar surface area (TPSA) is 67.2 Å². The van der Waals surface area contributed by atoms with Crippen molar-refractivity contribution in [2.75, 3.05) is 18.0 Å². The Bertz CT molecular complexity index is 901. The Morgan fingerprint density at radius 1 is 1.03 bits per heavy atom. The molecule has 0 atom stereocenters. The molecule has 1 saturated heterocycles. The minimum Gasteiger partial charge on any atom is -0.369 e. The normalized spacial score (nSPS) is 18.6. The van der Waals surface area contributed by atoms with Crippen molar-refractivity contribution in [3.63, 3.8) is 0 Å². The zero-order chi connectivity index (χ0) is 20.2. The largest absolute Gasteiger partial charge is 0.369 e. The molecule has 7 heteroatoms. The monoisotopic (exact) mass is 414 g/mol. The third-order valence-electron chi connectivity index (χ3n) is 6.06. The molecule has 4 rings (SSSR count). The fourth-order valence-electron chi connectivity index (χ4n) is 4.35. The van der Waals surface area contributed by atoms with E-state index in [1.54, 1.807) is 6.20 Å². The summed E-state index contributed by atoms with van der Waals surface area (Å²) < 4.78 is 1.32. The van der Waals surface area contributed by atoms with Gasteiger partial charge in [-0.05, 0) is 37.8 Å². The van der Waals surface area contributed by atoms with Crippen LogP contribution in [0.3, 0.4) is 0 Å². The highest BCUT2D eigenvalue weighted by Crippen LogP contribution is 2.27. The summed E-state index contributed by atoms with van der Waals surface area (Å²) in [6, 6.07) is 9.45. The van der Waals surface area contributed by atoms with Crippen molar-refractivity contribution in [3.8, 4) is 5.69 Å². The minimum absolute atomic E-state index is 0.186. The van der Waals surface area contributed by atoms with Gasteiger partial charge in [-0.2, -0.15) is 9.78 Å². The van der Waals surface area contributed by atoms with Gasteiger partial charge in [0.15, 0.2) is 0 Å². The van der Waals surface area contributed by atoms with Crippen molar-refractivity contribution in [2.24, 2.45) is 5.92 Å². The van der Waals surface area contributed by atoms with Gasteiger partial charge in [-0.1, -0.05) is 49.1 Å². The second-order valence-electron chi connectivity index (χ2n) is 8.00. The maximum atomic E-state index is 12.7. The van der Waals surface area contributed by atoms with Gasteiger partial charge in [0.05, 0.1) is 17.6 Å². The van der Waals surface area contributed by atoms with Gasteiger partial charge in [-0.3, -0.25) is 9.59 Å². The van der Waals surface area contributed by atoms with E-state index in [9.17, 15) is 9.59 Å². The molecule has 29 heavy (non-hydrogen) atoms. The summed E-state index contributed by atoms with van der Waals surface area (Å²) in [6.07, 6.45) is 8.96. The lowest BCUT2D eigenvalue weighted by molar-refractivity contribution is -0.126. The van der Waals surface area contributed by atoms with Gasteiger partial charge in [0, 0.05) is 25.0 Å². The van der Waals surface area contributed by atoms with Gasteiger partial charge in [-0.25, -0.2) is 0 Å². The summed E-state index contributed by atoms with van der Waals surface area (Å²) in [5.74, 6) is 0.402. The number of aromatic nitrogens is 2. The molecule has 6 nitrogen and oxygen atoms in total. The van der Waals surface area contributed by atoms with Crippen LogP contribution in [0.1, 0.15) is 44.9 Å². The van der Waals surface area contributed by atoms with E-state index in [1.165, 1.54) is 11.1 Å². The Morgan fingerprint density at radius 3 is 2.41 bits per heavy atom. The molecule has 2 aromatic rings. The molecule has 1 aliphatic heterocycles. The van der Waals surface area contributed by atoms with E-state index >= 15 is 0 Å². The first kappa shape index (κ1) is 20.0. The smallest absolute Gasteiger partial charge is 0.292 e. The first-order valence-corrected chi connectivity index (χ1v) is 10.9. The molecular formula is C22H27ClN4O2. The van der Waals surface area contributed by atoms with Crippen LogP contribution in [-0.2, 0) is 4.79 Å². The third kappa shape index (κ3) is 4.47. The van der Waals surface area contributed by atoms with E-state index in [-0.39, 0.29) is 28.4 Å². The first-order chi connectivity index (χ1) is 14.1. The second kappa shape index (κ2) is 8.99. The predicted molar refractivity (Wildman–Crippen MR) is 115 cm³/mol. The van der Waals surface area contributed by atoms with E-state index in [0.717, 1.165) is 51.6 Å². The van der Waals surface area contributed by atoms with Gasteiger partial charge in [0.25, 0.3) is 5.56 Å². The average molecular weight is 415 g/mol. The number of para-hydroxylation sites is 1. The summed E-state index contributed by atoms with van der Waals surface area (Å²) in [5, 5.41) is 7.75. The summed E-state index contributed by atoms with van der Waals surface area (Å²) >= 11 is 6.42. The zero-order valence-corrected chi connectivity index (χ0v) is 17.3. The lowest BCUT2D eigenvalue weighted by Crippen LogP contribution is -2.47. The van der Waals surface area contributed by atoms with E-state index in [2.05, 4.69) is 15.3 Å². The molecule has 1 N–H and O–H groups in total. The molecule has 0 bridgehead atoms. The Labute approximate surface area is 175 Å². The van der Waals surface area contributed by atoms with Crippen molar-refractivity contribution in [1.82, 2.24) is 15.1 Å². The molecule has 0 spiro atoms. The maximum absolute atomic E-state index is 12.7. The number of benzene rings is 1. The number of hydrogen-bond acceptors (Lipinski definition) is 4. The fourth-order valence-corrected chi connectivity index (χ4v) is 4.59. The lowest BCUT2D eigenvalue weighted by Gasteiger charge is -2.35. The Hall–Kier alpha value is -2.34. The van der Waals surface area contributed by atoms with Gasteiger partial charge in [0.2, 0.25) is 5.91 Å². The highest BCUT2D eigenvalue weighted by molar-refractivity contribution is 6.33. The van der Waals surface area contributed by atoms with E-state index < -0.39 is 0 Å². The van der Waals surface area contributed by atoms with Crippen molar-refractivity contribution in [3.05, 3.63) is 51.9 Å². The van der Waals surface area contributed by atoms with Crippen molar-refractivity contribution in [1.29, 1.82) is 0 Å². The van der Waals surface area contributed by atoms with Crippen molar-refractivity contribution >= 4 is 23.2 Å². The number of amides is 1. The Kier molecular flexibility index (Phi) is 6.19. The first-order valence-electron chi connectivity index (χ1n) is 10.5. The molecule has 0 unspecified atom stereocenters. The van der Waals surface area contributed by atoms with Crippen molar-refractivity contribution < 1.29 is 4.79 Å². The van der Waals surface area contributed by atoms with Crippen molar-refractivity contribution in [2.45, 2.75) is 51.0 Å². The molecule has 2 fully saturated rings. The van der Waals surface area contributed by atoms with Gasteiger partial charge < -0.3 is 10.2 Å². The average Bonchev–Trinajstić information content (AvgIpc) is 2.77. The second-order valence-corrected chi connectivity index (χ2v) is 8.38. The standard InChI is InChI=1S/C22H27ClN4O2/c23-20-19(15-24-27(22(20)29)18-9-5-2-6-10-18)26-13-11-17(12-14-26)25-21(28)16-7-3-1-4-8-16/h2,5-6,9-10,15-17H,1,3-4,7-8,11-14H2,(H,25,28). The van der Waals surface area contributed by atoms with Crippen LogP contribution in [0, 0.1) is 5.92 Å². The molecule has 0 radical (unpaired) electrons. The van der Waals surface area contributed by atoms with E-state index in [4.69, 9.17) is 11.6 Å². The van der Waals surface area contributed by atoms with Crippen LogP contribution in [0.2, 0.25) is 5.02 Å². The lowest BCUT2D eigenvalue weighted by atomic mass is 9.88. The number of hydrogen-bond donors (Lipinski definition) is 1. The number of nitrogens with one attached hydrogen (secondary N) is 1. The molecule has 2 aliphatic rings. The summed E-state index contributed by atoms with van der Waals surface area (Å²) in [4.78, 5) is 27.3. The molecule has 154 valence electrons. The Morgan fingerprint density at radius 2 is 1.72 bits per heavy atom. The van der Waals surface area contributed by atoms with E-state index in [0.29, 0.717) is 11.4 Å². The van der Waals surface area contributed by atoms with Crippen LogP contribution in [0.15, 0.2) is 41.3 Å². The van der Waals surface area contributed by atoms with E-state index in [1.807, 2.05) is 30.3 Å². The van der Waals surface area contributed by atoms with Crippen LogP contribution >= 0.6 is 11.6 Å². The number of carbonyl (C=O) groups excluding carboxylic acids is 1. The highest BCUT2D eigenvalue weighted by Gasteiger charge is 2.27. The number of halogens is 1. The number of carbonyl (C=O) groups is 1. The minimum atomic E-state index is -0.317. The SMILES string of the molecule is O=C(NC1CCN(c2cnn(-c3ccccc3)c(=O)c2Cl)CC1)C1CCCCC1. The number of rotatable bonds is 4. The fraction of sp³-hybridized carbons (Fsp3) is 0.500. The van der Waals surface area contributed by atoms with Gasteiger partial charge >= 0.3 is 0 Å². The Balaban J connectivity index is 1.39. The molecule has 1 aromatic carbocycles. The molecule has 1 aromatic heterocycles. The van der Waals surface area contributed by atoms with Crippen LogP contribution in [-0.4, -0.2) is 34.8 Å². The quantitative estimate of drug-likeness (QED) is 0.830. The molecule has 1 saturated carbocycles.